The van der Waals surface area contributed by atoms with Crippen LogP contribution in [0.3, 0.4) is 0 Å². The quantitative estimate of drug-likeness (QED) is 0.752. The summed E-state index contributed by atoms with van der Waals surface area (Å²) in [5, 5.41) is 18.6. The van der Waals surface area contributed by atoms with Gasteiger partial charge in [-0.3, -0.25) is 0 Å². The van der Waals surface area contributed by atoms with Crippen molar-refractivity contribution >= 4 is 11.2 Å². The average molecular weight is 283 g/mol. The van der Waals surface area contributed by atoms with Crippen molar-refractivity contribution in [2.24, 2.45) is 0 Å². The van der Waals surface area contributed by atoms with Gasteiger partial charge in [-0.15, -0.1) is 0 Å². The van der Waals surface area contributed by atoms with E-state index in [2.05, 4.69) is 9.97 Å². The molecule has 0 aliphatic carbocycles. The van der Waals surface area contributed by atoms with Crippen LogP contribution >= 0.6 is 0 Å². The van der Waals surface area contributed by atoms with Crippen molar-refractivity contribution in [1.29, 1.82) is 0 Å². The number of aliphatic hydroxyl groups is 1. The summed E-state index contributed by atoms with van der Waals surface area (Å²) in [5.41, 5.74) is 2.67. The highest BCUT2D eigenvalue weighted by atomic mass is 16.3. The molecule has 3 aromatic rings. The predicted molar refractivity (Wildman–Crippen MR) is 80.1 cm³/mol. The Hall–Kier alpha value is -2.40. The van der Waals surface area contributed by atoms with Gasteiger partial charge in [-0.1, -0.05) is 12.1 Å². The summed E-state index contributed by atoms with van der Waals surface area (Å²) < 4.78 is 2.04. The van der Waals surface area contributed by atoms with E-state index in [0.29, 0.717) is 19.4 Å². The minimum absolute atomic E-state index is 0.142. The molecule has 0 atom stereocenters. The number of hydrogen-bond acceptors (Lipinski definition) is 4. The lowest BCUT2D eigenvalue weighted by molar-refractivity contribution is 0.287. The lowest BCUT2D eigenvalue weighted by Gasteiger charge is -2.09. The molecule has 5 nitrogen and oxygen atoms in total. The molecule has 0 aliphatic heterocycles. The zero-order valence-electron chi connectivity index (χ0n) is 11.6. The van der Waals surface area contributed by atoms with E-state index in [-0.39, 0.29) is 12.4 Å². The summed E-state index contributed by atoms with van der Waals surface area (Å²) in [6, 6.07) is 11.0. The molecular weight excluding hydrogens is 266 g/mol. The number of aryl methyl sites for hydroxylation is 1. The second-order valence-electron chi connectivity index (χ2n) is 4.96. The minimum Gasteiger partial charge on any atom is -0.508 e. The van der Waals surface area contributed by atoms with Gasteiger partial charge in [-0.25, -0.2) is 9.97 Å². The van der Waals surface area contributed by atoms with Crippen LogP contribution in [0.1, 0.15) is 17.8 Å². The van der Waals surface area contributed by atoms with Crippen LogP contribution in [-0.4, -0.2) is 31.4 Å². The van der Waals surface area contributed by atoms with Crippen LogP contribution in [0.4, 0.5) is 0 Å². The van der Waals surface area contributed by atoms with E-state index >= 15 is 0 Å². The van der Waals surface area contributed by atoms with Gasteiger partial charge < -0.3 is 14.8 Å². The van der Waals surface area contributed by atoms with Gasteiger partial charge >= 0.3 is 0 Å². The number of imidazole rings is 1. The third kappa shape index (κ3) is 2.87. The van der Waals surface area contributed by atoms with Gasteiger partial charge in [0.2, 0.25) is 0 Å². The Morgan fingerprint density at radius 2 is 2.05 bits per heavy atom. The number of nitrogens with zero attached hydrogens (tertiary/aromatic N) is 3. The summed E-state index contributed by atoms with van der Waals surface area (Å²) in [6.45, 7) is 0.742. The van der Waals surface area contributed by atoms with E-state index in [4.69, 9.17) is 5.11 Å². The fourth-order valence-corrected chi connectivity index (χ4v) is 2.44. The number of aromatic hydroxyl groups is 1. The Morgan fingerprint density at radius 3 is 2.86 bits per heavy atom. The van der Waals surface area contributed by atoms with Crippen LogP contribution in [0.5, 0.6) is 5.75 Å². The monoisotopic (exact) mass is 283 g/mol. The number of pyridine rings is 1. The molecule has 0 saturated carbocycles. The van der Waals surface area contributed by atoms with Crippen molar-refractivity contribution in [1.82, 2.24) is 14.5 Å². The van der Waals surface area contributed by atoms with E-state index in [1.54, 1.807) is 18.3 Å². The molecule has 0 radical (unpaired) electrons. The van der Waals surface area contributed by atoms with E-state index in [0.717, 1.165) is 22.6 Å². The van der Waals surface area contributed by atoms with Crippen molar-refractivity contribution in [3.05, 3.63) is 54.0 Å². The largest absolute Gasteiger partial charge is 0.508 e. The first kappa shape index (κ1) is 13.6. The number of phenols is 1. The molecule has 0 unspecified atom stereocenters. The van der Waals surface area contributed by atoms with Gasteiger partial charge in [-0.05, 0) is 36.2 Å². The molecule has 1 aromatic carbocycles. The highest BCUT2D eigenvalue weighted by Gasteiger charge is 2.11. The topological polar surface area (TPSA) is 71.2 Å². The van der Waals surface area contributed by atoms with Crippen LogP contribution in [-0.2, 0) is 13.0 Å². The smallest absolute Gasteiger partial charge is 0.160 e. The maximum absolute atomic E-state index is 9.59. The molecule has 0 amide bonds. The molecule has 0 spiro atoms. The third-order valence-corrected chi connectivity index (χ3v) is 3.39. The number of fused-ring (bicyclic) bond motifs is 1. The van der Waals surface area contributed by atoms with Gasteiger partial charge in [0.15, 0.2) is 5.65 Å². The molecule has 0 fully saturated rings. The van der Waals surface area contributed by atoms with Crippen LogP contribution in [0.15, 0.2) is 42.6 Å². The van der Waals surface area contributed by atoms with E-state index in [1.165, 1.54) is 0 Å². The van der Waals surface area contributed by atoms with Crippen molar-refractivity contribution in [3.8, 4) is 5.75 Å². The third-order valence-electron chi connectivity index (χ3n) is 3.39. The molecule has 0 aliphatic rings. The van der Waals surface area contributed by atoms with E-state index in [9.17, 15) is 5.11 Å². The second kappa shape index (κ2) is 5.93. The Bertz CT molecular complexity index is 752. The Morgan fingerprint density at radius 1 is 1.14 bits per heavy atom. The van der Waals surface area contributed by atoms with Gasteiger partial charge in [0.25, 0.3) is 0 Å². The highest BCUT2D eigenvalue weighted by Crippen LogP contribution is 2.19. The molecule has 2 aromatic heterocycles. The molecule has 21 heavy (non-hydrogen) atoms. The maximum atomic E-state index is 9.59. The van der Waals surface area contributed by atoms with Crippen LogP contribution < -0.4 is 0 Å². The Labute approximate surface area is 122 Å². The summed E-state index contributed by atoms with van der Waals surface area (Å²) >= 11 is 0. The number of benzene rings is 1. The first-order valence-corrected chi connectivity index (χ1v) is 6.97. The Balaban J connectivity index is 2.02. The first-order valence-electron chi connectivity index (χ1n) is 6.97. The fraction of sp³-hybridized carbons (Fsp3) is 0.250. The number of phenolic OH excluding ortho intramolecular Hbond substituents is 1. The normalized spacial score (nSPS) is 11.1. The zero-order valence-corrected chi connectivity index (χ0v) is 11.6. The van der Waals surface area contributed by atoms with E-state index in [1.807, 2.05) is 28.8 Å². The molecule has 108 valence electrons. The molecule has 2 N–H and O–H groups in total. The maximum Gasteiger partial charge on any atom is 0.160 e. The zero-order chi connectivity index (χ0) is 14.7. The molecule has 3 rings (SSSR count). The van der Waals surface area contributed by atoms with Gasteiger partial charge in [-0.2, -0.15) is 0 Å². The Kier molecular flexibility index (Phi) is 3.83. The summed E-state index contributed by atoms with van der Waals surface area (Å²) in [7, 11) is 0. The molecular formula is C16H17N3O2. The predicted octanol–water partition coefficient (Wildman–Crippen LogP) is 2.11. The SMILES string of the molecule is OCCCc1nc2cccnc2n1Cc1cccc(O)c1. The molecule has 0 bridgehead atoms. The number of rotatable bonds is 5. The lowest BCUT2D eigenvalue weighted by Crippen LogP contribution is -2.06. The van der Waals surface area contributed by atoms with Crippen molar-refractivity contribution < 1.29 is 10.2 Å². The molecule has 2 heterocycles. The average Bonchev–Trinajstić information content (AvgIpc) is 2.83. The van der Waals surface area contributed by atoms with Crippen LogP contribution in [0.25, 0.3) is 11.2 Å². The lowest BCUT2D eigenvalue weighted by atomic mass is 10.2. The van der Waals surface area contributed by atoms with Gasteiger partial charge in [0.1, 0.15) is 17.1 Å². The number of aliphatic hydroxyl groups excluding tert-OH is 1. The molecule has 0 saturated heterocycles. The highest BCUT2D eigenvalue weighted by molar-refractivity contribution is 5.71. The van der Waals surface area contributed by atoms with Crippen molar-refractivity contribution in [3.63, 3.8) is 0 Å². The second-order valence-corrected chi connectivity index (χ2v) is 4.96. The minimum atomic E-state index is 0.142. The molecule has 5 heteroatoms. The van der Waals surface area contributed by atoms with Gasteiger partial charge in [0, 0.05) is 19.2 Å². The first-order chi connectivity index (χ1) is 10.3. The van der Waals surface area contributed by atoms with Crippen LogP contribution in [0, 0.1) is 0 Å². The van der Waals surface area contributed by atoms with Crippen LogP contribution in [0.2, 0.25) is 0 Å². The fourth-order valence-electron chi connectivity index (χ4n) is 2.44. The summed E-state index contributed by atoms with van der Waals surface area (Å²) in [4.78, 5) is 9.00. The standard InChI is InChI=1S/C16H17N3O2/c20-9-3-7-15-18-14-6-2-8-17-16(14)19(15)11-12-4-1-5-13(21)10-12/h1-2,4-6,8,10,20-21H,3,7,9,11H2. The van der Waals surface area contributed by atoms with Crippen molar-refractivity contribution in [2.75, 3.05) is 6.61 Å². The summed E-state index contributed by atoms with van der Waals surface area (Å²) in [6.07, 6.45) is 3.12. The van der Waals surface area contributed by atoms with E-state index < -0.39 is 0 Å². The number of aromatic nitrogens is 3. The van der Waals surface area contributed by atoms with Crippen molar-refractivity contribution in [2.45, 2.75) is 19.4 Å². The summed E-state index contributed by atoms with van der Waals surface area (Å²) in [5.74, 6) is 1.16. The van der Waals surface area contributed by atoms with Gasteiger partial charge in [0.05, 0.1) is 6.54 Å². The number of hydrogen-bond donors (Lipinski definition) is 2.